The number of nitrogens with zero attached hydrogens (tertiary/aromatic N) is 1. The summed E-state index contributed by atoms with van der Waals surface area (Å²) in [5, 5.41) is 8.99. The lowest BCUT2D eigenvalue weighted by molar-refractivity contribution is -0.162. The maximum atomic E-state index is 12.4. The Hall–Kier alpha value is -1.44. The molecule has 1 aromatic rings. The Labute approximate surface area is 130 Å². The average Bonchev–Trinajstić information content (AvgIpc) is 2.46. The van der Waals surface area contributed by atoms with Crippen LogP contribution in [0.15, 0.2) is 28.7 Å². The van der Waals surface area contributed by atoms with E-state index in [1.54, 1.807) is 0 Å². The highest BCUT2D eigenvalue weighted by Gasteiger charge is 2.28. The quantitative estimate of drug-likeness (QED) is 0.858. The van der Waals surface area contributed by atoms with Crippen LogP contribution < -0.4 is 0 Å². The summed E-state index contributed by atoms with van der Waals surface area (Å²) in [6.45, 7) is 0.797. The van der Waals surface area contributed by atoms with Gasteiger partial charge in [-0.05, 0) is 17.7 Å². The number of hydrogen-bond donors (Lipinski definition) is 1. The van der Waals surface area contributed by atoms with Gasteiger partial charge in [0.05, 0.1) is 19.8 Å². The molecule has 0 radical (unpaired) electrons. The molecule has 1 aliphatic rings. The van der Waals surface area contributed by atoms with Crippen molar-refractivity contribution >= 4 is 27.8 Å². The number of rotatable bonds is 5. The van der Waals surface area contributed by atoms with Crippen molar-refractivity contribution < 1.29 is 24.2 Å². The molecular formula is C14H16BrNO5. The molecule has 1 amide bonds. The van der Waals surface area contributed by atoms with Crippen LogP contribution in [0.3, 0.4) is 0 Å². The van der Waals surface area contributed by atoms with Crippen LogP contribution in [0.4, 0.5) is 0 Å². The third kappa shape index (κ3) is 4.80. The Bertz CT molecular complexity index is 516. The standard InChI is InChI=1S/C14H16BrNO5/c15-11-3-1-2-10(6-11)7-16(8-13(17)18)14(19)12-9-20-4-5-21-12/h1-3,6,12H,4-5,7-9H2,(H,17,18). The number of hydrogen-bond acceptors (Lipinski definition) is 4. The lowest BCUT2D eigenvalue weighted by atomic mass is 10.2. The van der Waals surface area contributed by atoms with Crippen molar-refractivity contribution in [1.82, 2.24) is 4.90 Å². The van der Waals surface area contributed by atoms with Crippen LogP contribution in [0.5, 0.6) is 0 Å². The molecule has 0 saturated carbocycles. The van der Waals surface area contributed by atoms with Gasteiger partial charge in [0.1, 0.15) is 6.54 Å². The third-order valence-electron chi connectivity index (χ3n) is 2.99. The number of carboxylic acid groups (broad SMARTS) is 1. The van der Waals surface area contributed by atoms with E-state index in [4.69, 9.17) is 14.6 Å². The molecule has 2 rings (SSSR count). The lowest BCUT2D eigenvalue weighted by Crippen LogP contribution is -2.46. The third-order valence-corrected chi connectivity index (χ3v) is 3.48. The Balaban J connectivity index is 2.09. The summed E-state index contributed by atoms with van der Waals surface area (Å²) in [5.74, 6) is -1.42. The van der Waals surface area contributed by atoms with Crippen molar-refractivity contribution in [2.75, 3.05) is 26.4 Å². The number of carbonyl (C=O) groups is 2. The van der Waals surface area contributed by atoms with Gasteiger partial charge < -0.3 is 19.5 Å². The van der Waals surface area contributed by atoms with E-state index in [1.807, 2.05) is 24.3 Å². The molecular weight excluding hydrogens is 342 g/mol. The highest BCUT2D eigenvalue weighted by atomic mass is 79.9. The fraction of sp³-hybridized carbons (Fsp3) is 0.429. The summed E-state index contributed by atoms with van der Waals surface area (Å²) in [6, 6.07) is 7.39. The Morgan fingerprint density at radius 2 is 2.19 bits per heavy atom. The summed E-state index contributed by atoms with van der Waals surface area (Å²) < 4.78 is 11.4. The Morgan fingerprint density at radius 3 is 2.81 bits per heavy atom. The van der Waals surface area contributed by atoms with E-state index in [-0.39, 0.29) is 25.6 Å². The maximum Gasteiger partial charge on any atom is 0.323 e. The zero-order valence-corrected chi connectivity index (χ0v) is 12.9. The molecule has 6 nitrogen and oxygen atoms in total. The van der Waals surface area contributed by atoms with E-state index in [9.17, 15) is 9.59 Å². The van der Waals surface area contributed by atoms with E-state index < -0.39 is 12.1 Å². The summed E-state index contributed by atoms with van der Waals surface area (Å²) in [4.78, 5) is 24.6. The summed E-state index contributed by atoms with van der Waals surface area (Å²) in [6.07, 6.45) is -0.731. The molecule has 1 unspecified atom stereocenters. The monoisotopic (exact) mass is 357 g/mol. The van der Waals surface area contributed by atoms with Crippen molar-refractivity contribution in [2.45, 2.75) is 12.6 Å². The Kier molecular flexibility index (Phi) is 5.72. The van der Waals surface area contributed by atoms with Crippen molar-refractivity contribution in [3.63, 3.8) is 0 Å². The minimum absolute atomic E-state index is 0.160. The topological polar surface area (TPSA) is 76.1 Å². The van der Waals surface area contributed by atoms with Gasteiger partial charge in [0.25, 0.3) is 5.91 Å². The van der Waals surface area contributed by atoms with Crippen LogP contribution in [-0.4, -0.2) is 54.4 Å². The molecule has 7 heteroatoms. The molecule has 0 aromatic heterocycles. The molecule has 0 bridgehead atoms. The number of halogens is 1. The van der Waals surface area contributed by atoms with E-state index >= 15 is 0 Å². The Morgan fingerprint density at radius 1 is 1.38 bits per heavy atom. The van der Waals surface area contributed by atoms with Gasteiger partial charge in [-0.2, -0.15) is 0 Å². The van der Waals surface area contributed by atoms with Crippen molar-refractivity contribution in [2.24, 2.45) is 0 Å². The lowest BCUT2D eigenvalue weighted by Gasteiger charge is -2.28. The summed E-state index contributed by atoms with van der Waals surface area (Å²) in [5.41, 5.74) is 0.843. The molecule has 1 saturated heterocycles. The van der Waals surface area contributed by atoms with Gasteiger partial charge in [-0.25, -0.2) is 0 Å². The largest absolute Gasteiger partial charge is 0.480 e. The molecule has 1 aliphatic heterocycles. The van der Waals surface area contributed by atoms with Gasteiger partial charge in [0.15, 0.2) is 6.10 Å². The van der Waals surface area contributed by atoms with Gasteiger partial charge in [-0.3, -0.25) is 9.59 Å². The van der Waals surface area contributed by atoms with Crippen LogP contribution in [0.2, 0.25) is 0 Å². The molecule has 0 aliphatic carbocycles. The fourth-order valence-corrected chi connectivity index (χ4v) is 2.51. The zero-order valence-electron chi connectivity index (χ0n) is 11.3. The van der Waals surface area contributed by atoms with E-state index in [2.05, 4.69) is 15.9 Å². The second-order valence-corrected chi connectivity index (χ2v) is 5.57. The summed E-state index contributed by atoms with van der Waals surface area (Å²) in [7, 11) is 0. The van der Waals surface area contributed by atoms with Gasteiger partial charge in [-0.1, -0.05) is 28.1 Å². The molecule has 1 N–H and O–H groups in total. The molecule has 1 fully saturated rings. The van der Waals surface area contributed by atoms with E-state index in [1.165, 1.54) is 4.90 Å². The molecule has 21 heavy (non-hydrogen) atoms. The highest BCUT2D eigenvalue weighted by molar-refractivity contribution is 9.10. The van der Waals surface area contributed by atoms with Gasteiger partial charge >= 0.3 is 5.97 Å². The van der Waals surface area contributed by atoms with Crippen LogP contribution in [0.25, 0.3) is 0 Å². The number of ether oxygens (including phenoxy) is 2. The molecule has 1 atom stereocenters. The smallest absolute Gasteiger partial charge is 0.323 e. The van der Waals surface area contributed by atoms with E-state index in [0.29, 0.717) is 13.2 Å². The fourth-order valence-electron chi connectivity index (χ4n) is 2.06. The van der Waals surface area contributed by atoms with Crippen LogP contribution >= 0.6 is 15.9 Å². The number of carbonyl (C=O) groups excluding carboxylic acids is 1. The van der Waals surface area contributed by atoms with Gasteiger partial charge in [0, 0.05) is 11.0 Å². The molecule has 0 spiro atoms. The zero-order chi connectivity index (χ0) is 15.2. The van der Waals surface area contributed by atoms with E-state index in [0.717, 1.165) is 10.0 Å². The van der Waals surface area contributed by atoms with Crippen LogP contribution in [0.1, 0.15) is 5.56 Å². The first-order chi connectivity index (χ1) is 10.1. The second-order valence-electron chi connectivity index (χ2n) is 4.65. The van der Waals surface area contributed by atoms with Gasteiger partial charge in [0.2, 0.25) is 0 Å². The molecule has 1 aromatic carbocycles. The van der Waals surface area contributed by atoms with Gasteiger partial charge in [-0.15, -0.1) is 0 Å². The van der Waals surface area contributed by atoms with Crippen molar-refractivity contribution in [1.29, 1.82) is 0 Å². The SMILES string of the molecule is O=C(O)CN(Cc1cccc(Br)c1)C(=O)C1COCCO1. The van der Waals surface area contributed by atoms with Crippen molar-refractivity contribution in [3.8, 4) is 0 Å². The number of benzene rings is 1. The molecule has 114 valence electrons. The molecule has 1 heterocycles. The average molecular weight is 358 g/mol. The van der Waals surface area contributed by atoms with Crippen LogP contribution in [0, 0.1) is 0 Å². The normalized spacial score (nSPS) is 18.2. The second kappa shape index (κ2) is 7.53. The summed E-state index contributed by atoms with van der Waals surface area (Å²) >= 11 is 3.35. The van der Waals surface area contributed by atoms with Crippen molar-refractivity contribution in [3.05, 3.63) is 34.3 Å². The number of carboxylic acids is 1. The number of amides is 1. The minimum atomic E-state index is -1.06. The highest BCUT2D eigenvalue weighted by Crippen LogP contribution is 2.15. The minimum Gasteiger partial charge on any atom is -0.480 e. The van der Waals surface area contributed by atoms with Crippen LogP contribution in [-0.2, 0) is 25.6 Å². The first-order valence-corrected chi connectivity index (χ1v) is 7.30. The number of aliphatic carboxylic acids is 1. The first-order valence-electron chi connectivity index (χ1n) is 6.50. The first kappa shape index (κ1) is 15.9. The maximum absolute atomic E-state index is 12.4. The predicted molar refractivity (Wildman–Crippen MR) is 77.8 cm³/mol. The predicted octanol–water partition coefficient (Wildman–Crippen LogP) is 1.28.